The minimum atomic E-state index is -3.58. The molecule has 21 heavy (non-hydrogen) atoms. The predicted octanol–water partition coefficient (Wildman–Crippen LogP) is 3.10. The van der Waals surface area contributed by atoms with E-state index < -0.39 is 10.2 Å². The molecular weight excluding hydrogens is 284 g/mol. The van der Waals surface area contributed by atoms with Gasteiger partial charge in [-0.1, -0.05) is 35.9 Å². The lowest BCUT2D eigenvalue weighted by atomic mass is 10.0. The highest BCUT2D eigenvalue weighted by Gasteiger charge is 2.27. The fraction of sp³-hybridized carbons (Fsp3) is 0.250. The van der Waals surface area contributed by atoms with E-state index in [0.717, 1.165) is 29.7 Å². The van der Waals surface area contributed by atoms with Gasteiger partial charge in [-0.15, -0.1) is 0 Å². The van der Waals surface area contributed by atoms with Crippen molar-refractivity contribution in [2.75, 3.05) is 15.6 Å². The van der Waals surface area contributed by atoms with E-state index in [-0.39, 0.29) is 0 Å². The maximum absolute atomic E-state index is 12.6. The number of para-hydroxylation sites is 1. The minimum absolute atomic E-state index is 0.512. The molecule has 2 aromatic rings. The summed E-state index contributed by atoms with van der Waals surface area (Å²) in [6.45, 7) is 2.48. The van der Waals surface area contributed by atoms with Crippen LogP contribution >= 0.6 is 0 Å². The summed E-state index contributed by atoms with van der Waals surface area (Å²) in [5.74, 6) is 0. The van der Waals surface area contributed by atoms with Crippen LogP contribution in [0.4, 0.5) is 11.4 Å². The van der Waals surface area contributed by atoms with Gasteiger partial charge in [-0.3, -0.25) is 9.03 Å². The summed E-state index contributed by atoms with van der Waals surface area (Å²) in [5.41, 5.74) is 3.55. The summed E-state index contributed by atoms with van der Waals surface area (Å²) < 4.78 is 29.4. The second-order valence-electron chi connectivity index (χ2n) is 5.28. The molecule has 3 rings (SSSR count). The van der Waals surface area contributed by atoms with Crippen LogP contribution in [0.5, 0.6) is 0 Å². The second-order valence-corrected chi connectivity index (χ2v) is 6.87. The van der Waals surface area contributed by atoms with Gasteiger partial charge >= 0.3 is 10.2 Å². The molecule has 5 heteroatoms. The highest BCUT2D eigenvalue weighted by molar-refractivity contribution is 7.94. The highest BCUT2D eigenvalue weighted by Crippen LogP contribution is 2.29. The Morgan fingerprint density at radius 2 is 1.76 bits per heavy atom. The number of hydrogen-bond donors (Lipinski definition) is 1. The normalized spacial score (nSPS) is 14.6. The van der Waals surface area contributed by atoms with Gasteiger partial charge in [0.25, 0.3) is 0 Å². The van der Waals surface area contributed by atoms with E-state index in [1.165, 1.54) is 4.31 Å². The lowest BCUT2D eigenvalue weighted by molar-refractivity contribution is 0.592. The van der Waals surface area contributed by atoms with E-state index in [0.29, 0.717) is 12.2 Å². The molecule has 0 saturated carbocycles. The number of nitrogens with zero attached hydrogens (tertiary/aromatic N) is 1. The van der Waals surface area contributed by atoms with E-state index in [1.807, 2.05) is 43.3 Å². The van der Waals surface area contributed by atoms with Crippen LogP contribution in [0.1, 0.15) is 17.5 Å². The smallest absolute Gasteiger partial charge is 0.267 e. The first-order chi connectivity index (χ1) is 10.1. The molecule has 1 aliphatic heterocycles. The summed E-state index contributed by atoms with van der Waals surface area (Å²) in [6, 6.07) is 15.0. The average molecular weight is 302 g/mol. The topological polar surface area (TPSA) is 49.4 Å². The van der Waals surface area contributed by atoms with Crippen LogP contribution in [-0.2, 0) is 16.6 Å². The van der Waals surface area contributed by atoms with E-state index in [4.69, 9.17) is 0 Å². The van der Waals surface area contributed by atoms with Gasteiger partial charge in [0.1, 0.15) is 0 Å². The SMILES string of the molecule is Cc1ccc(NS(=O)(=O)N2CCCc3ccccc32)cc1. The highest BCUT2D eigenvalue weighted by atomic mass is 32.2. The molecule has 0 saturated heterocycles. The first-order valence-electron chi connectivity index (χ1n) is 7.01. The van der Waals surface area contributed by atoms with Crippen LogP contribution < -0.4 is 9.03 Å². The Hall–Kier alpha value is -2.01. The molecule has 0 unspecified atom stereocenters. The van der Waals surface area contributed by atoms with Crippen molar-refractivity contribution < 1.29 is 8.42 Å². The molecule has 0 amide bonds. The van der Waals surface area contributed by atoms with Gasteiger partial charge < -0.3 is 0 Å². The second kappa shape index (κ2) is 5.41. The number of rotatable bonds is 3. The number of nitrogens with one attached hydrogen (secondary N) is 1. The summed E-state index contributed by atoms with van der Waals surface area (Å²) in [7, 11) is -3.58. The van der Waals surface area contributed by atoms with Gasteiger partial charge in [-0.25, -0.2) is 0 Å². The third-order valence-electron chi connectivity index (χ3n) is 3.66. The van der Waals surface area contributed by atoms with Crippen molar-refractivity contribution in [3.63, 3.8) is 0 Å². The Morgan fingerprint density at radius 3 is 2.52 bits per heavy atom. The summed E-state index contributed by atoms with van der Waals surface area (Å²) in [4.78, 5) is 0. The third kappa shape index (κ3) is 2.88. The number of benzene rings is 2. The van der Waals surface area contributed by atoms with Gasteiger partial charge in [-0.05, 0) is 43.5 Å². The first-order valence-corrected chi connectivity index (χ1v) is 8.45. The van der Waals surface area contributed by atoms with Crippen molar-refractivity contribution in [2.24, 2.45) is 0 Å². The summed E-state index contributed by atoms with van der Waals surface area (Å²) >= 11 is 0. The lowest BCUT2D eigenvalue weighted by Gasteiger charge is -2.30. The van der Waals surface area contributed by atoms with E-state index >= 15 is 0 Å². The van der Waals surface area contributed by atoms with Crippen LogP contribution in [-0.4, -0.2) is 15.0 Å². The Balaban J connectivity index is 1.91. The van der Waals surface area contributed by atoms with Crippen LogP contribution in [0.2, 0.25) is 0 Å². The monoisotopic (exact) mass is 302 g/mol. The fourth-order valence-corrected chi connectivity index (χ4v) is 3.93. The molecule has 1 N–H and O–H groups in total. The molecule has 4 nitrogen and oxygen atoms in total. The summed E-state index contributed by atoms with van der Waals surface area (Å²) in [6.07, 6.45) is 1.76. The molecule has 110 valence electrons. The van der Waals surface area contributed by atoms with Gasteiger partial charge in [0.2, 0.25) is 0 Å². The third-order valence-corrected chi connectivity index (χ3v) is 5.11. The number of fused-ring (bicyclic) bond motifs is 1. The molecule has 0 aliphatic carbocycles. The van der Waals surface area contributed by atoms with Gasteiger partial charge in [0.15, 0.2) is 0 Å². The van der Waals surface area contributed by atoms with Crippen molar-refractivity contribution in [1.29, 1.82) is 0 Å². The van der Waals surface area contributed by atoms with Crippen LogP contribution in [0.25, 0.3) is 0 Å². The Bertz CT molecular complexity index is 739. The number of hydrogen-bond acceptors (Lipinski definition) is 2. The zero-order valence-electron chi connectivity index (χ0n) is 11.9. The molecule has 0 fully saturated rings. The zero-order valence-corrected chi connectivity index (χ0v) is 12.7. The maximum atomic E-state index is 12.6. The maximum Gasteiger partial charge on any atom is 0.323 e. The zero-order chi connectivity index (χ0) is 14.9. The standard InChI is InChI=1S/C16H18N2O2S/c1-13-8-10-15(11-9-13)17-21(19,20)18-12-4-6-14-5-2-3-7-16(14)18/h2-3,5,7-11,17H,4,6,12H2,1H3. The van der Waals surface area contributed by atoms with Crippen molar-refractivity contribution in [2.45, 2.75) is 19.8 Å². The molecule has 1 aliphatic rings. The number of aryl methyl sites for hydroxylation is 2. The van der Waals surface area contributed by atoms with Crippen molar-refractivity contribution in [3.8, 4) is 0 Å². The van der Waals surface area contributed by atoms with Gasteiger partial charge in [-0.2, -0.15) is 8.42 Å². The molecule has 0 atom stereocenters. The largest absolute Gasteiger partial charge is 0.323 e. The van der Waals surface area contributed by atoms with E-state index in [2.05, 4.69) is 4.72 Å². The van der Waals surface area contributed by atoms with Crippen LogP contribution in [0, 0.1) is 6.92 Å². The molecule has 0 radical (unpaired) electrons. The lowest BCUT2D eigenvalue weighted by Crippen LogP contribution is -2.39. The van der Waals surface area contributed by atoms with Crippen molar-refractivity contribution in [3.05, 3.63) is 59.7 Å². The molecule has 2 aromatic carbocycles. The van der Waals surface area contributed by atoms with Crippen molar-refractivity contribution >= 4 is 21.6 Å². The quantitative estimate of drug-likeness (QED) is 0.947. The van der Waals surface area contributed by atoms with Crippen molar-refractivity contribution in [1.82, 2.24) is 0 Å². The van der Waals surface area contributed by atoms with Gasteiger partial charge in [0.05, 0.1) is 11.4 Å². The van der Waals surface area contributed by atoms with Gasteiger partial charge in [0, 0.05) is 6.54 Å². The fourth-order valence-electron chi connectivity index (χ4n) is 2.57. The molecule has 0 spiro atoms. The molecule has 1 heterocycles. The molecule has 0 aromatic heterocycles. The predicted molar refractivity (Wildman–Crippen MR) is 85.8 cm³/mol. The van der Waals surface area contributed by atoms with Crippen LogP contribution in [0.3, 0.4) is 0 Å². The van der Waals surface area contributed by atoms with E-state index in [9.17, 15) is 8.42 Å². The summed E-state index contributed by atoms with van der Waals surface area (Å²) in [5, 5.41) is 0. The Kier molecular flexibility index (Phi) is 3.59. The Labute approximate surface area is 125 Å². The average Bonchev–Trinajstić information content (AvgIpc) is 2.49. The molecule has 0 bridgehead atoms. The number of anilines is 2. The minimum Gasteiger partial charge on any atom is -0.267 e. The van der Waals surface area contributed by atoms with E-state index in [1.54, 1.807) is 12.1 Å². The Morgan fingerprint density at radius 1 is 1.05 bits per heavy atom. The molecular formula is C16H18N2O2S. The first kappa shape index (κ1) is 13.9. The van der Waals surface area contributed by atoms with Crippen LogP contribution in [0.15, 0.2) is 48.5 Å².